The number of rotatable bonds is 7. The number of fused-ring (bicyclic) bond motifs is 1. The molecule has 2 aromatic carbocycles. The van der Waals surface area contributed by atoms with Crippen LogP contribution in [0, 0.1) is 10.1 Å². The molecule has 0 fully saturated rings. The summed E-state index contributed by atoms with van der Waals surface area (Å²) in [4.78, 5) is 27.3. The Hall–Kier alpha value is -3.97. The fraction of sp³-hybridized carbons (Fsp3) is 0.143. The number of hydrogen-bond acceptors (Lipinski definition) is 10. The van der Waals surface area contributed by atoms with E-state index < -0.39 is 26.5 Å². The molecule has 1 aromatic heterocycles. The third-order valence-electron chi connectivity index (χ3n) is 4.94. The molecule has 2 N–H and O–H groups in total. The lowest BCUT2D eigenvalue weighted by atomic mass is 10.0. The number of carbonyl (C=O) groups excluding carboxylic acids is 1. The van der Waals surface area contributed by atoms with Crippen LogP contribution in [-0.2, 0) is 21.2 Å². The fourth-order valence-corrected chi connectivity index (χ4v) is 5.31. The number of aliphatic hydroxyl groups excluding tert-OH is 1. The number of anilines is 1. The number of nitro benzene ring substituents is 1. The molecular formula is C21H17N5O6S2. The Balaban J connectivity index is 1.70. The molecule has 174 valence electrons. The summed E-state index contributed by atoms with van der Waals surface area (Å²) in [6.07, 6.45) is 0.632. The minimum Gasteiger partial charge on any atom is -0.506 e. The van der Waals surface area contributed by atoms with Gasteiger partial charge in [-0.25, -0.2) is 13.4 Å². The molecule has 0 saturated carbocycles. The standard InChI is InChI=1S/C21H17N5O6S2/c1-3-16-23-24-21(33-16)25-34(31,32)13-9-7-12(8-10-13)22-19-14-5-4-6-15(26(29)30)18(14)20(28)17(19)11(2)27/h4-10,28H,3H2,1-2H3,(H,24,25). The van der Waals surface area contributed by atoms with E-state index in [2.05, 4.69) is 19.9 Å². The van der Waals surface area contributed by atoms with E-state index in [1.807, 2.05) is 6.92 Å². The molecule has 0 saturated heterocycles. The van der Waals surface area contributed by atoms with Gasteiger partial charge in [0.25, 0.3) is 15.7 Å². The molecule has 4 rings (SSSR count). The highest BCUT2D eigenvalue weighted by atomic mass is 32.2. The van der Waals surface area contributed by atoms with Gasteiger partial charge in [-0.3, -0.25) is 19.6 Å². The molecule has 1 heterocycles. The number of allylic oxidation sites excluding steroid dienone is 1. The molecule has 13 heteroatoms. The Bertz CT molecular complexity index is 1490. The Kier molecular flexibility index (Phi) is 5.98. The summed E-state index contributed by atoms with van der Waals surface area (Å²) < 4.78 is 27.7. The number of ketones is 1. The maximum Gasteiger partial charge on any atom is 0.281 e. The first-order valence-corrected chi connectivity index (χ1v) is 12.2. The Labute approximate surface area is 197 Å². The van der Waals surface area contributed by atoms with Gasteiger partial charge in [0.1, 0.15) is 16.3 Å². The number of benzene rings is 2. The second-order valence-electron chi connectivity index (χ2n) is 7.15. The van der Waals surface area contributed by atoms with Crippen LogP contribution in [0.3, 0.4) is 0 Å². The average molecular weight is 500 g/mol. The summed E-state index contributed by atoms with van der Waals surface area (Å²) in [5.41, 5.74) is 0.00378. The van der Waals surface area contributed by atoms with Crippen LogP contribution in [0.1, 0.15) is 30.0 Å². The SMILES string of the molecule is CCc1nnc(NS(=O)(=O)c2ccc(N=C3C(C(C)=O)=C(O)c4c3cccc4[N+](=O)[O-])cc2)s1. The number of nitrogens with zero attached hydrogens (tertiary/aromatic N) is 4. The first kappa shape index (κ1) is 23.2. The first-order valence-electron chi connectivity index (χ1n) is 9.89. The number of aromatic nitrogens is 2. The van der Waals surface area contributed by atoms with E-state index in [9.17, 15) is 28.4 Å². The zero-order valence-corrected chi connectivity index (χ0v) is 19.5. The zero-order chi connectivity index (χ0) is 24.6. The van der Waals surface area contributed by atoms with Gasteiger partial charge in [0.2, 0.25) is 5.13 Å². The number of carbonyl (C=O) groups is 1. The van der Waals surface area contributed by atoms with Crippen LogP contribution >= 0.6 is 11.3 Å². The van der Waals surface area contributed by atoms with Crippen molar-refractivity contribution in [2.24, 2.45) is 4.99 Å². The fourth-order valence-electron chi connectivity index (χ4n) is 3.40. The molecule has 1 aliphatic rings. The molecule has 3 aromatic rings. The highest BCUT2D eigenvalue weighted by Gasteiger charge is 2.36. The summed E-state index contributed by atoms with van der Waals surface area (Å²) in [5, 5.41) is 30.5. The maximum atomic E-state index is 12.6. The number of hydrogen-bond donors (Lipinski definition) is 2. The quantitative estimate of drug-likeness (QED) is 0.366. The largest absolute Gasteiger partial charge is 0.506 e. The third kappa shape index (κ3) is 4.18. The van der Waals surface area contributed by atoms with Gasteiger partial charge in [0.15, 0.2) is 5.78 Å². The minimum absolute atomic E-state index is 0.0441. The van der Waals surface area contributed by atoms with Gasteiger partial charge in [-0.2, -0.15) is 0 Å². The minimum atomic E-state index is -3.92. The second-order valence-corrected chi connectivity index (χ2v) is 9.90. The molecular weight excluding hydrogens is 482 g/mol. The van der Waals surface area contributed by atoms with Gasteiger partial charge in [0, 0.05) is 11.6 Å². The summed E-state index contributed by atoms with van der Waals surface area (Å²) in [7, 11) is -3.92. The van der Waals surface area contributed by atoms with Crippen molar-refractivity contribution in [2.75, 3.05) is 4.72 Å². The summed E-state index contributed by atoms with van der Waals surface area (Å²) in [5.74, 6) is -1.03. The highest BCUT2D eigenvalue weighted by Crippen LogP contribution is 2.39. The van der Waals surface area contributed by atoms with Gasteiger partial charge in [-0.15, -0.1) is 10.2 Å². The van der Waals surface area contributed by atoms with E-state index in [0.29, 0.717) is 11.4 Å². The van der Waals surface area contributed by atoms with Gasteiger partial charge in [-0.1, -0.05) is 30.4 Å². The van der Waals surface area contributed by atoms with E-state index in [1.165, 1.54) is 49.4 Å². The van der Waals surface area contributed by atoms with E-state index >= 15 is 0 Å². The van der Waals surface area contributed by atoms with E-state index in [-0.39, 0.29) is 43.8 Å². The summed E-state index contributed by atoms with van der Waals surface area (Å²) >= 11 is 1.14. The molecule has 0 bridgehead atoms. The van der Waals surface area contributed by atoms with Crippen molar-refractivity contribution in [1.29, 1.82) is 0 Å². The summed E-state index contributed by atoms with van der Waals surface area (Å²) in [6, 6.07) is 9.66. The topological polar surface area (TPSA) is 165 Å². The monoisotopic (exact) mass is 499 g/mol. The molecule has 11 nitrogen and oxygen atoms in total. The molecule has 0 unspecified atom stereocenters. The van der Waals surface area contributed by atoms with Crippen LogP contribution in [0.2, 0.25) is 0 Å². The average Bonchev–Trinajstić information content (AvgIpc) is 3.35. The molecule has 0 radical (unpaired) electrons. The van der Waals surface area contributed by atoms with Crippen LogP contribution < -0.4 is 4.72 Å². The van der Waals surface area contributed by atoms with Crippen LogP contribution in [0.25, 0.3) is 5.76 Å². The lowest BCUT2D eigenvalue weighted by Gasteiger charge is -2.06. The molecule has 0 amide bonds. The highest BCUT2D eigenvalue weighted by molar-refractivity contribution is 7.93. The smallest absolute Gasteiger partial charge is 0.281 e. The van der Waals surface area contributed by atoms with E-state index in [1.54, 1.807) is 0 Å². The number of sulfonamides is 1. The van der Waals surface area contributed by atoms with Gasteiger partial charge in [0.05, 0.1) is 26.8 Å². The van der Waals surface area contributed by atoms with Gasteiger partial charge >= 0.3 is 0 Å². The predicted molar refractivity (Wildman–Crippen MR) is 126 cm³/mol. The molecule has 0 aliphatic heterocycles. The lowest BCUT2D eigenvalue weighted by molar-refractivity contribution is -0.385. The first-order chi connectivity index (χ1) is 16.1. The second kappa shape index (κ2) is 8.76. The Morgan fingerprint density at radius 2 is 1.91 bits per heavy atom. The van der Waals surface area contributed by atoms with Crippen molar-refractivity contribution in [3.8, 4) is 0 Å². The molecule has 0 atom stereocenters. The number of aliphatic hydroxyl groups is 1. The van der Waals surface area contributed by atoms with Gasteiger partial charge in [-0.05, 0) is 37.6 Å². The van der Waals surface area contributed by atoms with Crippen molar-refractivity contribution in [1.82, 2.24) is 10.2 Å². The zero-order valence-electron chi connectivity index (χ0n) is 17.8. The van der Waals surface area contributed by atoms with Crippen LogP contribution in [-0.4, -0.2) is 40.1 Å². The third-order valence-corrected chi connectivity index (χ3v) is 7.40. The summed E-state index contributed by atoms with van der Waals surface area (Å²) in [6.45, 7) is 3.10. The van der Waals surface area contributed by atoms with Gasteiger partial charge < -0.3 is 5.11 Å². The number of Topliss-reactive ketones (excluding diaryl/α,β-unsaturated/α-hetero) is 1. The van der Waals surface area contributed by atoms with Crippen LogP contribution in [0.15, 0.2) is 57.9 Å². The number of nitrogens with one attached hydrogen (secondary N) is 1. The van der Waals surface area contributed by atoms with Crippen molar-refractivity contribution < 1.29 is 23.2 Å². The van der Waals surface area contributed by atoms with Crippen molar-refractivity contribution in [3.63, 3.8) is 0 Å². The number of nitro groups is 1. The molecule has 1 aliphatic carbocycles. The predicted octanol–water partition coefficient (Wildman–Crippen LogP) is 3.80. The lowest BCUT2D eigenvalue weighted by Crippen LogP contribution is -2.12. The van der Waals surface area contributed by atoms with Crippen LogP contribution in [0.4, 0.5) is 16.5 Å². The van der Waals surface area contributed by atoms with Crippen molar-refractivity contribution in [2.45, 2.75) is 25.2 Å². The maximum absolute atomic E-state index is 12.6. The Morgan fingerprint density at radius 3 is 2.50 bits per heavy atom. The van der Waals surface area contributed by atoms with Crippen molar-refractivity contribution >= 4 is 55.1 Å². The normalized spacial score (nSPS) is 14.4. The van der Waals surface area contributed by atoms with Crippen molar-refractivity contribution in [3.05, 3.63) is 74.3 Å². The van der Waals surface area contributed by atoms with E-state index in [0.717, 1.165) is 11.3 Å². The van der Waals surface area contributed by atoms with Crippen LogP contribution in [0.5, 0.6) is 0 Å². The Morgan fingerprint density at radius 1 is 1.21 bits per heavy atom. The molecule has 34 heavy (non-hydrogen) atoms. The molecule has 0 spiro atoms. The van der Waals surface area contributed by atoms with E-state index in [4.69, 9.17) is 0 Å². The number of aryl methyl sites for hydroxylation is 1. The number of aliphatic imine (C=N–C) groups is 1.